The molecular weight excluding hydrogens is 717 g/mol. The topological polar surface area (TPSA) is 26.6 Å². The molecule has 0 spiro atoms. The van der Waals surface area contributed by atoms with Gasteiger partial charge < -0.3 is 8.97 Å². The zero-order valence-corrected chi connectivity index (χ0v) is 31.6. The molecule has 6 heterocycles. The number of pyridine rings is 1. The van der Waals surface area contributed by atoms with E-state index in [0.29, 0.717) is 0 Å². The average molecular weight is 747 g/mol. The minimum Gasteiger partial charge on any atom is -0.309 e. The van der Waals surface area contributed by atoms with Crippen LogP contribution in [0, 0.1) is 0 Å². The molecule has 0 bridgehead atoms. The Hall–Kier alpha value is -7.95. The van der Waals surface area contributed by atoms with E-state index >= 15 is 0 Å². The summed E-state index contributed by atoms with van der Waals surface area (Å²) < 4.78 is 7.36. The summed E-state index contributed by atoms with van der Waals surface area (Å²) in [5.41, 5.74) is 14.1. The number of benzene rings is 9. The van der Waals surface area contributed by atoms with Crippen LogP contribution in [0.5, 0.6) is 0 Å². The SMILES string of the molecule is c1ccc(-n2c3ccccc3c3cc(-c4cc5ccccc5c5c6cccc7c8cc9c(nc8n(c45)c76)c4cccc5c6cc7ccccc7cc6n9c54)ccc32)cc1. The van der Waals surface area contributed by atoms with Crippen molar-refractivity contribution in [2.45, 2.75) is 0 Å². The number of hydrogen-bond acceptors (Lipinski definition) is 1. The number of hydrogen-bond donors (Lipinski definition) is 0. The van der Waals surface area contributed by atoms with Gasteiger partial charge in [-0.2, -0.15) is 0 Å². The van der Waals surface area contributed by atoms with E-state index in [9.17, 15) is 0 Å². The largest absolute Gasteiger partial charge is 0.309 e. The fourth-order valence-corrected chi connectivity index (χ4v) is 11.0. The summed E-state index contributed by atoms with van der Waals surface area (Å²) in [6.07, 6.45) is 0. The van der Waals surface area contributed by atoms with Crippen molar-refractivity contribution in [3.63, 3.8) is 0 Å². The summed E-state index contributed by atoms with van der Waals surface area (Å²) in [7, 11) is 0. The highest BCUT2D eigenvalue weighted by molar-refractivity contribution is 6.32. The molecule has 59 heavy (non-hydrogen) atoms. The van der Waals surface area contributed by atoms with Crippen LogP contribution in [0.4, 0.5) is 0 Å². The highest BCUT2D eigenvalue weighted by atomic mass is 15.0. The molecule has 270 valence electrons. The van der Waals surface area contributed by atoms with Gasteiger partial charge in [0.15, 0.2) is 0 Å². The lowest BCUT2D eigenvalue weighted by atomic mass is 9.95. The maximum Gasteiger partial charge on any atom is 0.146 e. The fraction of sp³-hybridized carbons (Fsp3) is 0. The van der Waals surface area contributed by atoms with Crippen molar-refractivity contribution in [2.75, 3.05) is 0 Å². The van der Waals surface area contributed by atoms with Crippen molar-refractivity contribution in [2.24, 2.45) is 0 Å². The van der Waals surface area contributed by atoms with Crippen molar-refractivity contribution in [1.82, 2.24) is 18.4 Å². The maximum atomic E-state index is 5.76. The van der Waals surface area contributed by atoms with Crippen LogP contribution in [0.2, 0.25) is 0 Å². The molecule has 6 aromatic heterocycles. The molecule has 0 aliphatic heterocycles. The Labute approximate surface area is 335 Å². The minimum atomic E-state index is 1.00. The van der Waals surface area contributed by atoms with E-state index in [2.05, 4.69) is 195 Å². The molecule has 0 unspecified atom stereocenters. The summed E-state index contributed by atoms with van der Waals surface area (Å²) in [5.74, 6) is 0. The molecule has 4 nitrogen and oxygen atoms in total. The molecule has 4 heteroatoms. The van der Waals surface area contributed by atoms with Gasteiger partial charge in [0.25, 0.3) is 0 Å². The minimum absolute atomic E-state index is 1.00. The third kappa shape index (κ3) is 3.65. The molecule has 0 saturated carbocycles. The number of fused-ring (bicyclic) bond motifs is 18. The summed E-state index contributed by atoms with van der Waals surface area (Å²) in [6.45, 7) is 0. The van der Waals surface area contributed by atoms with Crippen LogP contribution in [-0.2, 0) is 0 Å². The van der Waals surface area contributed by atoms with Gasteiger partial charge in [-0.05, 0) is 81.7 Å². The number of nitrogens with zero attached hydrogens (tertiary/aromatic N) is 4. The van der Waals surface area contributed by atoms with Crippen LogP contribution < -0.4 is 0 Å². The summed E-state index contributed by atoms with van der Waals surface area (Å²) in [5, 5.41) is 16.2. The van der Waals surface area contributed by atoms with Gasteiger partial charge in [0, 0.05) is 59.7 Å². The van der Waals surface area contributed by atoms with Crippen molar-refractivity contribution in [3.8, 4) is 16.8 Å². The van der Waals surface area contributed by atoms with Gasteiger partial charge in [-0.15, -0.1) is 0 Å². The van der Waals surface area contributed by atoms with Crippen LogP contribution in [0.15, 0.2) is 182 Å². The zero-order valence-electron chi connectivity index (χ0n) is 31.6. The quantitative estimate of drug-likeness (QED) is 0.173. The molecule has 0 atom stereocenters. The van der Waals surface area contributed by atoms with Crippen LogP contribution in [-0.4, -0.2) is 18.4 Å². The van der Waals surface area contributed by atoms with Crippen LogP contribution in [0.25, 0.3) is 137 Å². The molecule has 0 aliphatic rings. The second kappa shape index (κ2) is 10.5. The van der Waals surface area contributed by atoms with Gasteiger partial charge in [0.2, 0.25) is 0 Å². The van der Waals surface area contributed by atoms with Gasteiger partial charge in [-0.3, -0.25) is 4.40 Å². The smallest absolute Gasteiger partial charge is 0.146 e. The van der Waals surface area contributed by atoms with Crippen LogP contribution in [0.3, 0.4) is 0 Å². The van der Waals surface area contributed by atoms with Crippen molar-refractivity contribution >= 4 is 120 Å². The lowest BCUT2D eigenvalue weighted by molar-refractivity contribution is 1.18. The summed E-state index contributed by atoms with van der Waals surface area (Å²) >= 11 is 0. The Morgan fingerprint density at radius 3 is 1.85 bits per heavy atom. The van der Waals surface area contributed by atoms with Crippen molar-refractivity contribution in [1.29, 1.82) is 0 Å². The first-order chi connectivity index (χ1) is 29.3. The Morgan fingerprint density at radius 1 is 0.339 bits per heavy atom. The van der Waals surface area contributed by atoms with Gasteiger partial charge in [0.05, 0.1) is 44.1 Å². The van der Waals surface area contributed by atoms with Gasteiger partial charge >= 0.3 is 0 Å². The fourth-order valence-electron chi connectivity index (χ4n) is 11.0. The number of aromatic nitrogens is 4. The highest BCUT2D eigenvalue weighted by Crippen LogP contribution is 2.48. The molecule has 0 fully saturated rings. The van der Waals surface area contributed by atoms with E-state index in [1.807, 2.05) is 0 Å². The lowest BCUT2D eigenvalue weighted by Crippen LogP contribution is -1.93. The molecule has 9 aromatic carbocycles. The summed E-state index contributed by atoms with van der Waals surface area (Å²) in [4.78, 5) is 5.76. The monoisotopic (exact) mass is 746 g/mol. The van der Waals surface area contributed by atoms with E-state index in [-0.39, 0.29) is 0 Å². The van der Waals surface area contributed by atoms with Gasteiger partial charge in [-0.1, -0.05) is 127 Å². The molecule has 15 rings (SSSR count). The van der Waals surface area contributed by atoms with Crippen LogP contribution >= 0.6 is 0 Å². The van der Waals surface area contributed by atoms with E-state index in [4.69, 9.17) is 4.98 Å². The lowest BCUT2D eigenvalue weighted by Gasteiger charge is -2.11. The predicted octanol–water partition coefficient (Wildman–Crippen LogP) is 14.5. The normalized spacial score (nSPS) is 12.7. The third-order valence-corrected chi connectivity index (χ3v) is 13.4. The molecule has 0 radical (unpaired) electrons. The van der Waals surface area contributed by atoms with Gasteiger partial charge in [0.1, 0.15) is 5.65 Å². The molecule has 0 amide bonds. The Kier molecular flexibility index (Phi) is 5.38. The Morgan fingerprint density at radius 2 is 0.983 bits per heavy atom. The average Bonchev–Trinajstić information content (AvgIpc) is 4.08. The molecule has 0 N–H and O–H groups in total. The predicted molar refractivity (Wildman–Crippen MR) is 248 cm³/mol. The zero-order chi connectivity index (χ0) is 38.1. The molecule has 0 saturated heterocycles. The Bertz CT molecular complexity index is 4300. The van der Waals surface area contributed by atoms with E-state index < -0.39 is 0 Å². The Balaban J connectivity index is 1.10. The van der Waals surface area contributed by atoms with Crippen molar-refractivity contribution < 1.29 is 0 Å². The van der Waals surface area contributed by atoms with E-state index in [1.54, 1.807) is 0 Å². The van der Waals surface area contributed by atoms with E-state index in [0.717, 1.165) is 22.4 Å². The first-order valence-electron chi connectivity index (χ1n) is 20.4. The second-order valence-corrected chi connectivity index (χ2v) is 16.3. The van der Waals surface area contributed by atoms with E-state index in [1.165, 1.54) is 114 Å². The first-order valence-corrected chi connectivity index (χ1v) is 20.4. The van der Waals surface area contributed by atoms with Crippen molar-refractivity contribution in [3.05, 3.63) is 182 Å². The standard InChI is InChI=1S/C55H30N4/c1-2-15-35(16-3-1)57-46-23-9-8-18-37(46)43-28-34(24-25-47(43)57)42-27-33-14-6-7-17-36(33)50-40-21-10-20-39-45-30-49-51(56-55(45)59(52(39)40)54(42)50)41-22-11-19-38-44-26-31-12-4-5-13-32(31)29-48(44)58(49)53(38)41/h1-30H. The highest BCUT2D eigenvalue weighted by Gasteiger charge is 2.26. The van der Waals surface area contributed by atoms with Crippen LogP contribution in [0.1, 0.15) is 0 Å². The first kappa shape index (κ1) is 30.2. The molecule has 0 aliphatic carbocycles. The van der Waals surface area contributed by atoms with Gasteiger partial charge in [-0.25, -0.2) is 4.98 Å². The molecular formula is C55H30N4. The summed E-state index contributed by atoms with van der Waals surface area (Å²) in [6, 6.07) is 67.3. The number of rotatable bonds is 2. The number of para-hydroxylation sites is 4. The maximum absolute atomic E-state index is 5.76. The second-order valence-electron chi connectivity index (χ2n) is 16.3. The third-order valence-electron chi connectivity index (χ3n) is 13.4. The molecule has 15 aromatic rings.